The molecule has 2 rings (SSSR count). The van der Waals surface area contributed by atoms with Gasteiger partial charge in [-0.15, -0.1) is 12.4 Å². The first-order valence-electron chi connectivity index (χ1n) is 5.92. The number of halogens is 1. The number of nitrogens with zero attached hydrogens (tertiary/aromatic N) is 1. The van der Waals surface area contributed by atoms with Gasteiger partial charge in [-0.1, -0.05) is 0 Å². The quantitative estimate of drug-likeness (QED) is 0.899. The van der Waals surface area contributed by atoms with Crippen molar-refractivity contribution >= 4 is 24.0 Å². The number of benzene rings is 1. The summed E-state index contributed by atoms with van der Waals surface area (Å²) in [5, 5.41) is 3.30. The summed E-state index contributed by atoms with van der Waals surface area (Å²) < 4.78 is 0. The molecular formula is C13H19ClN2O. The van der Waals surface area contributed by atoms with Crippen molar-refractivity contribution in [2.75, 3.05) is 25.0 Å². The second-order valence-corrected chi connectivity index (χ2v) is 4.03. The van der Waals surface area contributed by atoms with Crippen LogP contribution in [0.15, 0.2) is 18.2 Å². The van der Waals surface area contributed by atoms with Crippen LogP contribution in [0.4, 0.5) is 5.69 Å². The predicted octanol–water partition coefficient (Wildman–Crippen LogP) is 2.56. The van der Waals surface area contributed by atoms with E-state index in [0.29, 0.717) is 0 Å². The molecule has 0 bridgehead atoms. The fourth-order valence-corrected chi connectivity index (χ4v) is 2.13. The molecule has 0 radical (unpaired) electrons. The number of carbonyl (C=O) groups is 1. The first-order valence-corrected chi connectivity index (χ1v) is 5.92. The molecule has 17 heavy (non-hydrogen) atoms. The smallest absolute Gasteiger partial charge is 0.253 e. The maximum atomic E-state index is 12.1. The van der Waals surface area contributed by atoms with E-state index in [-0.39, 0.29) is 18.3 Å². The van der Waals surface area contributed by atoms with Gasteiger partial charge in [0.25, 0.3) is 5.91 Å². The van der Waals surface area contributed by atoms with E-state index < -0.39 is 0 Å². The summed E-state index contributed by atoms with van der Waals surface area (Å²) in [4.78, 5) is 14.0. The van der Waals surface area contributed by atoms with E-state index in [1.165, 1.54) is 11.3 Å². The van der Waals surface area contributed by atoms with Gasteiger partial charge in [0.05, 0.1) is 0 Å². The molecule has 0 fully saturated rings. The van der Waals surface area contributed by atoms with Gasteiger partial charge in [-0.2, -0.15) is 0 Å². The van der Waals surface area contributed by atoms with Crippen LogP contribution in [0.3, 0.4) is 0 Å². The van der Waals surface area contributed by atoms with Crippen LogP contribution in [0, 0.1) is 0 Å². The van der Waals surface area contributed by atoms with E-state index >= 15 is 0 Å². The fraction of sp³-hybridized carbons (Fsp3) is 0.462. The maximum Gasteiger partial charge on any atom is 0.253 e. The first kappa shape index (κ1) is 13.8. The Morgan fingerprint density at radius 2 is 2.06 bits per heavy atom. The number of carbonyl (C=O) groups excluding carboxylic acids is 1. The highest BCUT2D eigenvalue weighted by Gasteiger charge is 2.16. The van der Waals surface area contributed by atoms with E-state index in [9.17, 15) is 4.79 Å². The van der Waals surface area contributed by atoms with Crippen LogP contribution in [0.5, 0.6) is 0 Å². The number of amides is 1. The minimum Gasteiger partial charge on any atom is -0.384 e. The number of fused-ring (bicyclic) bond motifs is 1. The Hall–Kier alpha value is -1.22. The largest absolute Gasteiger partial charge is 0.384 e. The number of anilines is 1. The molecule has 1 aromatic carbocycles. The molecule has 0 unspecified atom stereocenters. The zero-order valence-corrected chi connectivity index (χ0v) is 11.1. The molecule has 0 saturated heterocycles. The summed E-state index contributed by atoms with van der Waals surface area (Å²) in [5.41, 5.74) is 3.25. The van der Waals surface area contributed by atoms with Crippen LogP contribution < -0.4 is 5.32 Å². The number of hydrogen-bond acceptors (Lipinski definition) is 2. The summed E-state index contributed by atoms with van der Waals surface area (Å²) in [7, 11) is 0. The van der Waals surface area contributed by atoms with Crippen molar-refractivity contribution in [1.29, 1.82) is 0 Å². The zero-order chi connectivity index (χ0) is 11.5. The van der Waals surface area contributed by atoms with Crippen LogP contribution >= 0.6 is 12.4 Å². The molecule has 1 N–H and O–H groups in total. The molecular weight excluding hydrogens is 236 g/mol. The Balaban J connectivity index is 0.00000144. The minimum atomic E-state index is 0. The van der Waals surface area contributed by atoms with Crippen LogP contribution in [0.25, 0.3) is 0 Å². The van der Waals surface area contributed by atoms with Crippen LogP contribution in [0.2, 0.25) is 0 Å². The van der Waals surface area contributed by atoms with Gasteiger partial charge in [-0.3, -0.25) is 4.79 Å². The minimum absolute atomic E-state index is 0. The average Bonchev–Trinajstić information content (AvgIpc) is 2.77. The van der Waals surface area contributed by atoms with Crippen molar-refractivity contribution in [3.05, 3.63) is 29.3 Å². The van der Waals surface area contributed by atoms with Crippen LogP contribution in [-0.2, 0) is 6.42 Å². The third-order valence-corrected chi connectivity index (χ3v) is 3.11. The van der Waals surface area contributed by atoms with E-state index in [4.69, 9.17) is 0 Å². The molecule has 0 aromatic heterocycles. The van der Waals surface area contributed by atoms with Gasteiger partial charge in [0.2, 0.25) is 0 Å². The van der Waals surface area contributed by atoms with Gasteiger partial charge in [0.1, 0.15) is 0 Å². The van der Waals surface area contributed by atoms with Crippen molar-refractivity contribution in [3.63, 3.8) is 0 Å². The van der Waals surface area contributed by atoms with Crippen LogP contribution in [0.1, 0.15) is 29.8 Å². The third-order valence-electron chi connectivity index (χ3n) is 3.11. The van der Waals surface area contributed by atoms with Gasteiger partial charge in [-0.05, 0) is 44.0 Å². The maximum absolute atomic E-state index is 12.1. The lowest BCUT2D eigenvalue weighted by Crippen LogP contribution is -2.30. The van der Waals surface area contributed by atoms with E-state index in [0.717, 1.165) is 31.6 Å². The van der Waals surface area contributed by atoms with Gasteiger partial charge in [-0.25, -0.2) is 0 Å². The standard InChI is InChI=1S/C13H18N2O.ClH/c1-3-15(4-2)13(16)11-5-6-12-10(9-11)7-8-14-12;/h5-6,9,14H,3-4,7-8H2,1-2H3;1H. The van der Waals surface area contributed by atoms with E-state index in [1.54, 1.807) is 0 Å². The summed E-state index contributed by atoms with van der Waals surface area (Å²) in [5.74, 6) is 0.139. The van der Waals surface area contributed by atoms with Crippen molar-refractivity contribution < 1.29 is 4.79 Å². The number of hydrogen-bond donors (Lipinski definition) is 1. The Morgan fingerprint density at radius 1 is 1.35 bits per heavy atom. The highest BCUT2D eigenvalue weighted by Crippen LogP contribution is 2.23. The average molecular weight is 255 g/mol. The third kappa shape index (κ3) is 2.72. The Morgan fingerprint density at radius 3 is 2.71 bits per heavy atom. The summed E-state index contributed by atoms with van der Waals surface area (Å²) in [6, 6.07) is 5.95. The van der Waals surface area contributed by atoms with E-state index in [2.05, 4.69) is 5.32 Å². The van der Waals surface area contributed by atoms with E-state index in [1.807, 2.05) is 36.9 Å². The van der Waals surface area contributed by atoms with Crippen molar-refractivity contribution in [2.45, 2.75) is 20.3 Å². The van der Waals surface area contributed by atoms with Crippen molar-refractivity contribution in [1.82, 2.24) is 4.90 Å². The summed E-state index contributed by atoms with van der Waals surface area (Å²) in [6.07, 6.45) is 1.02. The molecule has 1 aliphatic rings. The molecule has 94 valence electrons. The lowest BCUT2D eigenvalue weighted by molar-refractivity contribution is 0.0773. The van der Waals surface area contributed by atoms with Gasteiger partial charge in [0, 0.05) is 30.9 Å². The molecule has 1 aromatic rings. The topological polar surface area (TPSA) is 32.3 Å². The number of nitrogens with one attached hydrogen (secondary N) is 1. The van der Waals surface area contributed by atoms with Crippen LogP contribution in [-0.4, -0.2) is 30.4 Å². The monoisotopic (exact) mass is 254 g/mol. The Kier molecular flexibility index (Phi) is 4.82. The molecule has 4 heteroatoms. The molecule has 1 heterocycles. The highest BCUT2D eigenvalue weighted by molar-refractivity contribution is 5.95. The fourth-order valence-electron chi connectivity index (χ4n) is 2.13. The molecule has 0 aliphatic carbocycles. The highest BCUT2D eigenvalue weighted by atomic mass is 35.5. The second-order valence-electron chi connectivity index (χ2n) is 4.03. The lowest BCUT2D eigenvalue weighted by Gasteiger charge is -2.18. The molecule has 0 saturated carbocycles. The predicted molar refractivity (Wildman–Crippen MR) is 73.1 cm³/mol. The van der Waals surface area contributed by atoms with Crippen molar-refractivity contribution in [3.8, 4) is 0 Å². The second kappa shape index (κ2) is 5.92. The normalized spacial score (nSPS) is 12.4. The first-order chi connectivity index (χ1) is 7.76. The molecule has 0 spiro atoms. The Bertz CT molecular complexity index is 402. The molecule has 1 amide bonds. The van der Waals surface area contributed by atoms with Gasteiger partial charge >= 0.3 is 0 Å². The molecule has 0 atom stereocenters. The van der Waals surface area contributed by atoms with Gasteiger partial charge < -0.3 is 10.2 Å². The zero-order valence-electron chi connectivity index (χ0n) is 10.3. The van der Waals surface area contributed by atoms with Crippen molar-refractivity contribution in [2.24, 2.45) is 0 Å². The molecule has 3 nitrogen and oxygen atoms in total. The summed E-state index contributed by atoms with van der Waals surface area (Å²) in [6.45, 7) is 6.54. The SMILES string of the molecule is CCN(CC)C(=O)c1ccc2c(c1)CCN2.Cl. The lowest BCUT2D eigenvalue weighted by atomic mass is 10.1. The number of rotatable bonds is 3. The Labute approximate surface area is 109 Å². The summed E-state index contributed by atoms with van der Waals surface area (Å²) >= 11 is 0. The molecule has 1 aliphatic heterocycles. The van der Waals surface area contributed by atoms with Gasteiger partial charge in [0.15, 0.2) is 0 Å².